The zero-order valence-electron chi connectivity index (χ0n) is 25.2. The fourth-order valence-corrected chi connectivity index (χ4v) is 7.13. The third kappa shape index (κ3) is 6.71. The Bertz CT molecular complexity index is 1640. The van der Waals surface area contributed by atoms with Crippen LogP contribution in [0.3, 0.4) is 0 Å². The van der Waals surface area contributed by atoms with Gasteiger partial charge in [0.15, 0.2) is 0 Å². The van der Waals surface area contributed by atoms with Gasteiger partial charge in [-0.2, -0.15) is 0 Å². The molecule has 1 fully saturated rings. The number of phenolic OH excluding ortho intramolecular Hbond substituents is 1. The summed E-state index contributed by atoms with van der Waals surface area (Å²) in [7, 11) is -1.76. The Kier molecular flexibility index (Phi) is 10.1. The number of allylic oxidation sites excluding steroid dienone is 2. The van der Waals surface area contributed by atoms with Gasteiger partial charge in [0.2, 0.25) is 11.8 Å². The van der Waals surface area contributed by atoms with E-state index >= 15 is 0 Å². The fourth-order valence-electron chi connectivity index (χ4n) is 6.75. The molecule has 0 aromatic heterocycles. The molecule has 1 aliphatic heterocycles. The summed E-state index contributed by atoms with van der Waals surface area (Å²) in [5.74, 6) is -3.12. The molecular formula is C35H37BBrNO7. The molecule has 234 valence electrons. The van der Waals surface area contributed by atoms with Gasteiger partial charge in [-0.15, -0.1) is 0 Å². The van der Waals surface area contributed by atoms with Gasteiger partial charge in [0.25, 0.3) is 0 Å². The average molecular weight is 674 g/mol. The molecule has 1 saturated heterocycles. The molecule has 2 amide bonds. The lowest BCUT2D eigenvalue weighted by molar-refractivity contribution is -0.123. The number of nitrogens with zero attached hydrogens (tertiary/aromatic N) is 1. The van der Waals surface area contributed by atoms with Crippen LogP contribution in [0.4, 0.5) is 5.69 Å². The third-order valence-electron chi connectivity index (χ3n) is 8.95. The monoisotopic (exact) mass is 673 g/mol. The summed E-state index contributed by atoms with van der Waals surface area (Å²) < 4.78 is 0.817. The summed E-state index contributed by atoms with van der Waals surface area (Å²) in [6.07, 6.45) is 1.91. The number of benzene rings is 3. The SMILES string of the molecule is CC(C)C1=C([C@H](O)CC/C(=C/c2cc(Br)ccc2O)c2ccccc2)[C@H](CO)[C@@H]2C(=O)N(c3cccc(B(O)O)c3)C(=O)[C@@H]2C1. The minimum atomic E-state index is -1.76. The van der Waals surface area contributed by atoms with Crippen LogP contribution >= 0.6 is 15.9 Å². The Morgan fingerprint density at radius 1 is 1.02 bits per heavy atom. The summed E-state index contributed by atoms with van der Waals surface area (Å²) in [6.45, 7) is 3.54. The lowest BCUT2D eigenvalue weighted by Crippen LogP contribution is -2.40. The standard InChI is InChI=1S/C35H37BBrNO7/c1-20(2)27-18-28-33(35(43)38(34(28)42)26-10-6-9-24(17-26)36(44)45)29(19-39)32(27)31(41)13-11-22(21-7-4-3-5-8-21)15-23-16-25(37)12-14-30(23)40/h3-10,12,14-17,20,28-29,31,33,39-41,44-45H,11,13,18-19H2,1-2H3/b22-15-/t28-,29+,31-,33-/m1/s1. The Hall–Kier alpha value is -3.54. The molecule has 5 N–H and O–H groups in total. The van der Waals surface area contributed by atoms with Crippen molar-refractivity contribution < 1.29 is 35.0 Å². The zero-order valence-corrected chi connectivity index (χ0v) is 26.8. The molecule has 3 aromatic rings. The van der Waals surface area contributed by atoms with Gasteiger partial charge in [-0.05, 0) is 83.8 Å². The van der Waals surface area contributed by atoms with Crippen LogP contribution in [-0.4, -0.2) is 57.0 Å². The molecule has 2 aliphatic rings. The number of rotatable bonds is 10. The second-order valence-electron chi connectivity index (χ2n) is 12.0. The molecule has 0 unspecified atom stereocenters. The van der Waals surface area contributed by atoms with Crippen molar-refractivity contribution in [2.75, 3.05) is 11.5 Å². The maximum Gasteiger partial charge on any atom is 0.488 e. The van der Waals surface area contributed by atoms with E-state index in [-0.39, 0.29) is 35.7 Å². The summed E-state index contributed by atoms with van der Waals surface area (Å²) in [5, 5.41) is 52.3. The minimum absolute atomic E-state index is 0.0442. The Morgan fingerprint density at radius 3 is 2.42 bits per heavy atom. The van der Waals surface area contributed by atoms with Crippen molar-refractivity contribution in [1.82, 2.24) is 0 Å². The van der Waals surface area contributed by atoms with Gasteiger partial charge in [-0.25, -0.2) is 0 Å². The molecule has 1 aliphatic carbocycles. The predicted octanol–water partition coefficient (Wildman–Crippen LogP) is 4.29. The number of imide groups is 1. The van der Waals surface area contributed by atoms with Gasteiger partial charge < -0.3 is 25.4 Å². The number of hydrogen-bond donors (Lipinski definition) is 5. The molecule has 1 heterocycles. The summed E-state index contributed by atoms with van der Waals surface area (Å²) in [4.78, 5) is 28.7. The van der Waals surface area contributed by atoms with Gasteiger partial charge in [0, 0.05) is 16.0 Å². The van der Waals surface area contributed by atoms with Crippen LogP contribution in [-0.2, 0) is 9.59 Å². The van der Waals surface area contributed by atoms with Gasteiger partial charge >= 0.3 is 7.12 Å². The zero-order chi connectivity index (χ0) is 32.4. The van der Waals surface area contributed by atoms with Crippen molar-refractivity contribution in [3.05, 3.63) is 99.5 Å². The van der Waals surface area contributed by atoms with Crippen LogP contribution in [0.25, 0.3) is 11.6 Å². The molecule has 3 aromatic carbocycles. The number of aliphatic hydroxyl groups is 2. The lowest BCUT2D eigenvalue weighted by atomic mass is 9.66. The van der Waals surface area contributed by atoms with E-state index in [0.717, 1.165) is 26.1 Å². The molecule has 5 rings (SSSR count). The Balaban J connectivity index is 1.47. The second-order valence-corrected chi connectivity index (χ2v) is 13.0. The topological polar surface area (TPSA) is 139 Å². The molecule has 0 saturated carbocycles. The van der Waals surface area contributed by atoms with Crippen molar-refractivity contribution in [2.24, 2.45) is 23.7 Å². The quantitative estimate of drug-likeness (QED) is 0.0937. The number of hydrogen-bond acceptors (Lipinski definition) is 7. The summed E-state index contributed by atoms with van der Waals surface area (Å²) >= 11 is 3.46. The van der Waals surface area contributed by atoms with Crippen molar-refractivity contribution in [3.8, 4) is 5.75 Å². The van der Waals surface area contributed by atoms with Gasteiger partial charge in [0.05, 0.1) is 30.2 Å². The molecule has 10 heteroatoms. The highest BCUT2D eigenvalue weighted by Crippen LogP contribution is 2.49. The average Bonchev–Trinajstić information content (AvgIpc) is 3.28. The van der Waals surface area contributed by atoms with Crippen molar-refractivity contribution >= 4 is 57.7 Å². The first-order chi connectivity index (χ1) is 21.5. The minimum Gasteiger partial charge on any atom is -0.507 e. The van der Waals surface area contributed by atoms with Crippen LogP contribution in [0.1, 0.15) is 44.2 Å². The number of fused-ring (bicyclic) bond motifs is 1. The van der Waals surface area contributed by atoms with E-state index in [1.54, 1.807) is 24.3 Å². The number of anilines is 1. The molecular weight excluding hydrogens is 637 g/mol. The number of amides is 2. The van der Waals surface area contributed by atoms with Gasteiger partial charge in [0.1, 0.15) is 5.75 Å². The van der Waals surface area contributed by atoms with E-state index in [2.05, 4.69) is 15.9 Å². The van der Waals surface area contributed by atoms with Crippen LogP contribution in [0.2, 0.25) is 0 Å². The molecule has 4 atom stereocenters. The first-order valence-electron chi connectivity index (χ1n) is 15.1. The van der Waals surface area contributed by atoms with Gasteiger partial charge in [-0.1, -0.05) is 77.8 Å². The number of aliphatic hydroxyl groups excluding tert-OH is 2. The fraction of sp³-hybridized carbons (Fsp3) is 0.314. The molecule has 0 bridgehead atoms. The number of carbonyl (C=O) groups excluding carboxylic acids is 2. The summed E-state index contributed by atoms with van der Waals surface area (Å²) in [5.41, 5.74) is 4.32. The second kappa shape index (κ2) is 13.8. The molecule has 8 nitrogen and oxygen atoms in total. The highest BCUT2D eigenvalue weighted by molar-refractivity contribution is 9.10. The Morgan fingerprint density at radius 2 is 1.76 bits per heavy atom. The van der Waals surface area contributed by atoms with Crippen LogP contribution in [0.5, 0.6) is 5.75 Å². The Labute approximate surface area is 271 Å². The van der Waals surface area contributed by atoms with Crippen molar-refractivity contribution in [3.63, 3.8) is 0 Å². The smallest absolute Gasteiger partial charge is 0.488 e. The number of halogens is 1. The highest BCUT2D eigenvalue weighted by Gasteiger charge is 2.55. The molecule has 45 heavy (non-hydrogen) atoms. The molecule has 0 spiro atoms. The number of aromatic hydroxyl groups is 1. The maximum atomic E-state index is 13.9. The van der Waals surface area contributed by atoms with E-state index in [1.807, 2.05) is 56.3 Å². The van der Waals surface area contributed by atoms with E-state index in [4.69, 9.17) is 0 Å². The van der Waals surface area contributed by atoms with Crippen molar-refractivity contribution in [1.29, 1.82) is 0 Å². The first kappa shape index (κ1) is 32.8. The maximum absolute atomic E-state index is 13.9. The lowest BCUT2D eigenvalue weighted by Gasteiger charge is -2.38. The largest absolute Gasteiger partial charge is 0.507 e. The van der Waals surface area contributed by atoms with E-state index < -0.39 is 49.4 Å². The normalized spacial score (nSPS) is 21.0. The van der Waals surface area contributed by atoms with Crippen molar-refractivity contribution in [2.45, 2.75) is 39.2 Å². The van der Waals surface area contributed by atoms with Crippen LogP contribution < -0.4 is 10.4 Å². The van der Waals surface area contributed by atoms with Gasteiger partial charge in [-0.3, -0.25) is 14.5 Å². The number of phenols is 1. The first-order valence-corrected chi connectivity index (χ1v) is 15.9. The molecule has 0 radical (unpaired) electrons. The van der Waals surface area contributed by atoms with E-state index in [9.17, 15) is 35.0 Å². The highest BCUT2D eigenvalue weighted by atomic mass is 79.9. The van der Waals surface area contributed by atoms with E-state index in [1.165, 1.54) is 12.1 Å². The predicted molar refractivity (Wildman–Crippen MR) is 178 cm³/mol. The van der Waals surface area contributed by atoms with Crippen LogP contribution in [0.15, 0.2) is 88.4 Å². The van der Waals surface area contributed by atoms with E-state index in [0.29, 0.717) is 17.6 Å². The third-order valence-corrected chi connectivity index (χ3v) is 9.44. The van der Waals surface area contributed by atoms with Crippen LogP contribution in [0, 0.1) is 23.7 Å². The number of carbonyl (C=O) groups is 2. The summed E-state index contributed by atoms with van der Waals surface area (Å²) in [6, 6.07) is 20.9.